The summed E-state index contributed by atoms with van der Waals surface area (Å²) < 4.78 is 80.0. The zero-order valence-corrected chi connectivity index (χ0v) is 18.0. The first-order valence-corrected chi connectivity index (χ1v) is 9.98. The zero-order valence-electron chi connectivity index (χ0n) is 18.0. The molecule has 1 amide bonds. The topological polar surface area (TPSA) is 71.3 Å². The predicted octanol–water partition coefficient (Wildman–Crippen LogP) is 4.95. The molecule has 1 heterocycles. The normalized spacial score (nSPS) is 12.7. The number of aromatic nitrogens is 1. The third-order valence-corrected chi connectivity index (χ3v) is 5.35. The van der Waals surface area contributed by atoms with E-state index in [0.717, 1.165) is 0 Å². The number of anilines is 1. The maximum atomic E-state index is 13.4. The summed E-state index contributed by atoms with van der Waals surface area (Å²) in [4.78, 5) is 25.4. The summed E-state index contributed by atoms with van der Waals surface area (Å²) in [5.41, 5.74) is -4.85. The van der Waals surface area contributed by atoms with Gasteiger partial charge in [0.25, 0.3) is 5.56 Å². The van der Waals surface area contributed by atoms with Crippen LogP contribution in [0, 0.1) is 0 Å². The summed E-state index contributed by atoms with van der Waals surface area (Å²) in [6, 6.07) is 7.02. The lowest BCUT2D eigenvalue weighted by atomic mass is 10.00. The van der Waals surface area contributed by atoms with Gasteiger partial charge >= 0.3 is 12.4 Å². The molecule has 0 aliphatic heterocycles. The lowest BCUT2D eigenvalue weighted by Crippen LogP contribution is -2.38. The molecule has 0 atom stereocenters. The van der Waals surface area contributed by atoms with Crippen LogP contribution in [-0.4, -0.2) is 22.2 Å². The van der Waals surface area contributed by atoms with Gasteiger partial charge in [0.1, 0.15) is 0 Å². The third-order valence-electron chi connectivity index (χ3n) is 5.35. The van der Waals surface area contributed by atoms with Gasteiger partial charge in [0, 0.05) is 22.7 Å². The van der Waals surface area contributed by atoms with Crippen LogP contribution in [-0.2, 0) is 29.1 Å². The highest BCUT2D eigenvalue weighted by molar-refractivity contribution is 6.02. The van der Waals surface area contributed by atoms with Gasteiger partial charge in [-0.05, 0) is 49.7 Å². The van der Waals surface area contributed by atoms with E-state index >= 15 is 0 Å². The van der Waals surface area contributed by atoms with Crippen molar-refractivity contribution in [3.05, 3.63) is 75.7 Å². The van der Waals surface area contributed by atoms with E-state index in [1.54, 1.807) is 13.8 Å². The fourth-order valence-corrected chi connectivity index (χ4v) is 3.48. The van der Waals surface area contributed by atoms with Gasteiger partial charge in [0.2, 0.25) is 5.91 Å². The predicted molar refractivity (Wildman–Crippen MR) is 113 cm³/mol. The fraction of sp³-hybridized carbons (Fsp3) is 0.304. The van der Waals surface area contributed by atoms with E-state index in [4.69, 9.17) is 0 Å². The van der Waals surface area contributed by atoms with Crippen LogP contribution in [0.2, 0.25) is 0 Å². The van der Waals surface area contributed by atoms with Gasteiger partial charge < -0.3 is 15.0 Å². The van der Waals surface area contributed by atoms with Crippen molar-refractivity contribution in [2.45, 2.75) is 38.2 Å². The minimum absolute atomic E-state index is 0.0219. The number of hydrogen-bond acceptors (Lipinski definition) is 3. The van der Waals surface area contributed by atoms with E-state index in [1.165, 1.54) is 35.0 Å². The van der Waals surface area contributed by atoms with Crippen molar-refractivity contribution >= 4 is 22.4 Å². The van der Waals surface area contributed by atoms with Crippen LogP contribution in [0.3, 0.4) is 0 Å². The van der Waals surface area contributed by atoms with Gasteiger partial charge in [0.15, 0.2) is 0 Å². The van der Waals surface area contributed by atoms with E-state index in [9.17, 15) is 41.0 Å². The monoisotopic (exact) mass is 486 g/mol. The Morgan fingerprint density at radius 2 is 1.65 bits per heavy atom. The summed E-state index contributed by atoms with van der Waals surface area (Å²) in [5, 5.41) is 12.5. The Labute approximate surface area is 189 Å². The molecular formula is C23H20F6N2O3. The highest BCUT2D eigenvalue weighted by Crippen LogP contribution is 2.37. The van der Waals surface area contributed by atoms with Crippen molar-refractivity contribution in [2.75, 3.05) is 11.9 Å². The first kappa shape index (κ1) is 25.3. The van der Waals surface area contributed by atoms with Crippen LogP contribution in [0.25, 0.3) is 10.8 Å². The SMILES string of the molecule is CC(C)(CO)n1ccc2c(NC(=O)Cc3ccc(C(F)(F)F)cc3C(F)(F)F)cccc2c1=O. The van der Waals surface area contributed by atoms with Gasteiger partial charge in [-0.15, -0.1) is 0 Å². The molecule has 0 unspecified atom stereocenters. The standard InChI is InChI=1S/C23H20F6N2O3/c1-21(2,12-32)31-9-8-15-16(20(31)34)4-3-5-18(15)30-19(33)10-13-6-7-14(22(24,25)26)11-17(13)23(27,28)29/h3-9,11,32H,10,12H2,1-2H3,(H,30,33). The number of nitrogens with zero attached hydrogens (tertiary/aromatic N) is 1. The Bertz CT molecular complexity index is 1290. The van der Waals surface area contributed by atoms with E-state index < -0.39 is 52.5 Å². The number of hydrogen-bond donors (Lipinski definition) is 2. The fourth-order valence-electron chi connectivity index (χ4n) is 3.48. The van der Waals surface area contributed by atoms with Crippen LogP contribution in [0.4, 0.5) is 32.0 Å². The number of aliphatic hydroxyl groups is 1. The molecule has 0 saturated carbocycles. The molecule has 3 aromatic rings. The number of halogens is 6. The lowest BCUT2D eigenvalue weighted by Gasteiger charge is -2.25. The number of aliphatic hydroxyl groups excluding tert-OH is 1. The molecule has 182 valence electrons. The number of alkyl halides is 6. The molecular weight excluding hydrogens is 466 g/mol. The lowest BCUT2D eigenvalue weighted by molar-refractivity contribution is -0.143. The number of carbonyl (C=O) groups is 1. The van der Waals surface area contributed by atoms with Crippen molar-refractivity contribution in [3.8, 4) is 0 Å². The smallest absolute Gasteiger partial charge is 0.394 e. The van der Waals surface area contributed by atoms with Crippen LogP contribution in [0.5, 0.6) is 0 Å². The molecule has 0 aliphatic carbocycles. The number of amides is 1. The second-order valence-corrected chi connectivity index (χ2v) is 8.32. The number of pyridine rings is 1. The Kier molecular flexibility index (Phi) is 6.53. The molecule has 2 N–H and O–H groups in total. The van der Waals surface area contributed by atoms with Crippen molar-refractivity contribution in [2.24, 2.45) is 0 Å². The van der Waals surface area contributed by atoms with Crippen LogP contribution in [0.15, 0.2) is 53.5 Å². The van der Waals surface area contributed by atoms with Crippen molar-refractivity contribution < 1.29 is 36.2 Å². The molecule has 11 heteroatoms. The molecule has 34 heavy (non-hydrogen) atoms. The maximum absolute atomic E-state index is 13.4. The number of benzene rings is 2. The Balaban J connectivity index is 1.95. The van der Waals surface area contributed by atoms with Crippen LogP contribution < -0.4 is 10.9 Å². The van der Waals surface area contributed by atoms with E-state index in [-0.39, 0.29) is 23.7 Å². The minimum Gasteiger partial charge on any atom is -0.394 e. The number of fused-ring (bicyclic) bond motifs is 1. The summed E-state index contributed by atoms with van der Waals surface area (Å²) in [6.45, 7) is 2.98. The largest absolute Gasteiger partial charge is 0.416 e. The Hall–Kier alpha value is -3.34. The average molecular weight is 486 g/mol. The van der Waals surface area contributed by atoms with E-state index in [1.807, 2.05) is 0 Å². The molecule has 3 rings (SSSR count). The summed E-state index contributed by atoms with van der Waals surface area (Å²) >= 11 is 0. The molecule has 0 fully saturated rings. The second-order valence-electron chi connectivity index (χ2n) is 8.32. The highest BCUT2D eigenvalue weighted by atomic mass is 19.4. The maximum Gasteiger partial charge on any atom is 0.416 e. The number of rotatable bonds is 5. The third kappa shape index (κ3) is 5.09. The Morgan fingerprint density at radius 1 is 0.971 bits per heavy atom. The summed E-state index contributed by atoms with van der Waals surface area (Å²) in [7, 11) is 0. The molecule has 5 nitrogen and oxygen atoms in total. The van der Waals surface area contributed by atoms with Crippen LogP contribution >= 0.6 is 0 Å². The summed E-state index contributed by atoms with van der Waals surface area (Å²) in [5.74, 6) is -0.905. The van der Waals surface area contributed by atoms with Crippen molar-refractivity contribution in [3.63, 3.8) is 0 Å². The second kappa shape index (κ2) is 8.79. The van der Waals surface area contributed by atoms with Gasteiger partial charge in [-0.25, -0.2) is 0 Å². The van der Waals surface area contributed by atoms with E-state index in [0.29, 0.717) is 17.5 Å². The molecule has 2 aromatic carbocycles. The first-order chi connectivity index (χ1) is 15.6. The molecule has 0 saturated heterocycles. The van der Waals surface area contributed by atoms with Gasteiger partial charge in [-0.2, -0.15) is 26.3 Å². The molecule has 0 spiro atoms. The quantitative estimate of drug-likeness (QED) is 0.502. The van der Waals surface area contributed by atoms with Gasteiger partial charge in [0.05, 0.1) is 29.7 Å². The molecule has 1 aromatic heterocycles. The zero-order chi connectivity index (χ0) is 25.5. The molecule has 0 aliphatic rings. The molecule has 0 radical (unpaired) electrons. The first-order valence-electron chi connectivity index (χ1n) is 9.98. The average Bonchev–Trinajstić information content (AvgIpc) is 2.73. The summed E-state index contributed by atoms with van der Waals surface area (Å²) in [6.07, 6.45) is -9.48. The number of nitrogens with one attached hydrogen (secondary N) is 1. The van der Waals surface area contributed by atoms with Gasteiger partial charge in [-0.1, -0.05) is 12.1 Å². The number of carbonyl (C=O) groups excluding carboxylic acids is 1. The van der Waals surface area contributed by atoms with Crippen molar-refractivity contribution in [1.82, 2.24) is 4.57 Å². The van der Waals surface area contributed by atoms with Crippen molar-refractivity contribution in [1.29, 1.82) is 0 Å². The highest BCUT2D eigenvalue weighted by Gasteiger charge is 2.38. The molecule has 0 bridgehead atoms. The minimum atomic E-state index is -5.10. The Morgan fingerprint density at radius 3 is 2.24 bits per heavy atom. The van der Waals surface area contributed by atoms with E-state index in [2.05, 4.69) is 5.32 Å². The van der Waals surface area contributed by atoms with Gasteiger partial charge in [-0.3, -0.25) is 9.59 Å². The van der Waals surface area contributed by atoms with Crippen LogP contribution in [0.1, 0.15) is 30.5 Å².